The minimum absolute atomic E-state index is 0. The molecule has 2 saturated heterocycles. The molecule has 264 valence electrons. The summed E-state index contributed by atoms with van der Waals surface area (Å²) in [6.45, 7) is 6.40. The first-order valence-corrected chi connectivity index (χ1v) is 17.0. The summed E-state index contributed by atoms with van der Waals surface area (Å²) in [5, 5.41) is 46.7. The van der Waals surface area contributed by atoms with Crippen LogP contribution in [0.5, 0.6) is 0 Å². The van der Waals surface area contributed by atoms with Crippen LogP contribution in [-0.4, -0.2) is 80.0 Å². The number of hydrogen-bond donors (Lipinski definition) is 6. The number of amides is 3. The van der Waals surface area contributed by atoms with Gasteiger partial charge < -0.3 is 51.4 Å². The number of benzene rings is 2. The summed E-state index contributed by atoms with van der Waals surface area (Å²) in [5.74, 6) is -7.28. The molecule has 0 aliphatic carbocycles. The van der Waals surface area contributed by atoms with Gasteiger partial charge in [0.1, 0.15) is 18.1 Å². The van der Waals surface area contributed by atoms with Crippen LogP contribution in [-0.2, 0) is 28.8 Å². The van der Waals surface area contributed by atoms with Gasteiger partial charge in [0.05, 0.1) is 46.8 Å². The van der Waals surface area contributed by atoms with Crippen LogP contribution >= 0.6 is 23.5 Å². The van der Waals surface area contributed by atoms with Gasteiger partial charge in [-0.1, -0.05) is 60.7 Å². The van der Waals surface area contributed by atoms with Crippen molar-refractivity contribution >= 4 is 59.2 Å². The van der Waals surface area contributed by atoms with E-state index >= 15 is 0 Å². The van der Waals surface area contributed by atoms with Crippen molar-refractivity contribution in [1.29, 1.82) is 0 Å². The van der Waals surface area contributed by atoms with Gasteiger partial charge in [0.2, 0.25) is 17.7 Å². The molecular weight excluding hydrogens is 745 g/mol. The van der Waals surface area contributed by atoms with Crippen molar-refractivity contribution in [2.45, 2.75) is 84.2 Å². The molecule has 0 aromatic heterocycles. The number of nitrogens with one attached hydrogen (secondary N) is 5. The van der Waals surface area contributed by atoms with Crippen LogP contribution < -0.4 is 136 Å². The number of carboxylic acids is 3. The van der Waals surface area contributed by atoms with Crippen molar-refractivity contribution < 1.29 is 133 Å². The Balaban J connectivity index is 0.00000451. The quantitative estimate of drug-likeness (QED) is 0.103. The van der Waals surface area contributed by atoms with Crippen molar-refractivity contribution in [3.63, 3.8) is 0 Å². The third-order valence-corrected chi connectivity index (χ3v) is 11.3. The standard InChI is InChI=1S/C32H40N6O9S2.3Na/c1-31(2)21(29(44)45)37-26(48-31)19(35-23(39)17(33)15-11-7-5-8-12-15)25(41)34-18(16-13-9-6-10-14-16)24(40)36-20(28(42)43)27-38-22(30(46)47)32(3,4)49-27;;;/h5-14,17-22,26-27,37-38H,33H2,1-4H3,(H,34,41)(H,35,39)(H,36,40)(H,42,43)(H,44,45)(H,46,47);;;/q;3*+1/p-3/t17-,18-,19?,20?,21?,22?,26?,27?;;;/m1.../s1. The Morgan fingerprint density at radius 3 is 1.44 bits per heavy atom. The molecular formula is C32H37N6Na3O9S2. The molecule has 0 saturated carbocycles. The van der Waals surface area contributed by atoms with Crippen molar-refractivity contribution in [2.24, 2.45) is 5.73 Å². The van der Waals surface area contributed by atoms with Gasteiger partial charge in [0.25, 0.3) is 0 Å². The smallest absolute Gasteiger partial charge is 0.548 e. The minimum atomic E-state index is -1.75. The van der Waals surface area contributed by atoms with E-state index in [0.29, 0.717) is 5.56 Å². The average Bonchev–Trinajstić information content (AvgIpc) is 3.55. The Hall–Kier alpha value is -1.16. The predicted octanol–water partition coefficient (Wildman–Crippen LogP) is -12.6. The zero-order valence-corrected chi connectivity index (χ0v) is 37.6. The molecule has 7 N–H and O–H groups in total. The Bertz CT molecular complexity index is 1600. The number of aliphatic carboxylic acids is 3. The Labute approximate surface area is 376 Å². The van der Waals surface area contributed by atoms with Crippen molar-refractivity contribution in [3.05, 3.63) is 71.8 Å². The fraction of sp³-hybridized carbons (Fsp3) is 0.438. The molecule has 2 aliphatic heterocycles. The van der Waals surface area contributed by atoms with E-state index in [2.05, 4.69) is 26.6 Å². The van der Waals surface area contributed by atoms with Gasteiger partial charge >= 0.3 is 88.7 Å². The second-order valence-corrected chi connectivity index (χ2v) is 16.2. The third-order valence-electron chi connectivity index (χ3n) is 8.25. The van der Waals surface area contributed by atoms with E-state index in [0.717, 1.165) is 23.5 Å². The van der Waals surface area contributed by atoms with Crippen LogP contribution in [0.15, 0.2) is 60.7 Å². The number of carboxylic acid groups (broad SMARTS) is 3. The zero-order valence-electron chi connectivity index (χ0n) is 30.0. The van der Waals surface area contributed by atoms with Gasteiger partial charge in [-0.3, -0.25) is 25.0 Å². The van der Waals surface area contributed by atoms with E-state index in [1.807, 2.05) is 0 Å². The van der Waals surface area contributed by atoms with Crippen LogP contribution in [0.1, 0.15) is 50.9 Å². The molecule has 0 bridgehead atoms. The number of carbonyl (C=O) groups excluding carboxylic acids is 6. The van der Waals surface area contributed by atoms with Crippen LogP contribution in [0.3, 0.4) is 0 Å². The molecule has 20 heteroatoms. The molecule has 2 aromatic rings. The molecule has 2 aromatic carbocycles. The monoisotopic (exact) mass is 782 g/mol. The van der Waals surface area contributed by atoms with Crippen molar-refractivity contribution in [2.75, 3.05) is 0 Å². The van der Waals surface area contributed by atoms with E-state index in [1.54, 1.807) is 76.2 Å². The summed E-state index contributed by atoms with van der Waals surface area (Å²) in [4.78, 5) is 77.2. The molecule has 4 rings (SSSR count). The average molecular weight is 783 g/mol. The SMILES string of the molecule is CC1(C)SC(C(NC(=O)[C@H](NC(=O)C(NC(=O)[C@H](N)c2ccccc2)C2NC(C(=O)[O-])C(C)(C)S2)c2ccccc2)C(=O)[O-])NC1C(=O)[O-].[Na+].[Na+].[Na+]. The van der Waals surface area contributed by atoms with E-state index in [4.69, 9.17) is 5.73 Å². The Morgan fingerprint density at radius 2 is 1.04 bits per heavy atom. The fourth-order valence-corrected chi connectivity index (χ4v) is 8.59. The van der Waals surface area contributed by atoms with Gasteiger partial charge in [-0.05, 0) is 38.8 Å². The predicted molar refractivity (Wildman–Crippen MR) is 174 cm³/mol. The van der Waals surface area contributed by atoms with Crippen LogP contribution in [0.2, 0.25) is 0 Å². The Kier molecular flexibility index (Phi) is 19.4. The minimum Gasteiger partial charge on any atom is -0.548 e. The molecule has 52 heavy (non-hydrogen) atoms. The number of nitrogens with two attached hydrogens (primary N) is 1. The number of rotatable bonds is 13. The molecule has 2 aliphatic rings. The second kappa shape index (κ2) is 20.7. The maximum absolute atomic E-state index is 14.1. The van der Waals surface area contributed by atoms with Crippen molar-refractivity contribution in [1.82, 2.24) is 26.6 Å². The van der Waals surface area contributed by atoms with Crippen LogP contribution in [0, 0.1) is 0 Å². The largest absolute Gasteiger partial charge is 1.00 e. The molecule has 2 heterocycles. The molecule has 8 atom stereocenters. The van der Waals surface area contributed by atoms with Gasteiger partial charge in [-0.25, -0.2) is 0 Å². The first-order valence-electron chi connectivity index (χ1n) is 15.2. The maximum Gasteiger partial charge on any atom is 1.00 e. The van der Waals surface area contributed by atoms with E-state index in [1.165, 1.54) is 12.1 Å². The Morgan fingerprint density at radius 1 is 0.635 bits per heavy atom. The molecule has 2 fully saturated rings. The van der Waals surface area contributed by atoms with Gasteiger partial charge in [-0.2, -0.15) is 0 Å². The van der Waals surface area contributed by atoms with Crippen LogP contribution in [0.4, 0.5) is 0 Å². The molecule has 3 amide bonds. The van der Waals surface area contributed by atoms with E-state index in [-0.39, 0.29) is 94.2 Å². The first-order chi connectivity index (χ1) is 22.9. The molecule has 6 unspecified atom stereocenters. The van der Waals surface area contributed by atoms with Gasteiger partial charge in [-0.15, -0.1) is 23.5 Å². The summed E-state index contributed by atoms with van der Waals surface area (Å²) in [7, 11) is 0. The summed E-state index contributed by atoms with van der Waals surface area (Å²) in [5.41, 5.74) is 6.87. The summed E-state index contributed by atoms with van der Waals surface area (Å²) in [6.07, 6.45) is 0. The topological polar surface area (TPSA) is 258 Å². The van der Waals surface area contributed by atoms with E-state index in [9.17, 15) is 44.1 Å². The summed E-state index contributed by atoms with van der Waals surface area (Å²) in [6, 6.07) is 7.69. The number of carbonyl (C=O) groups is 6. The number of hydrogen-bond acceptors (Lipinski definition) is 14. The zero-order chi connectivity index (χ0) is 36.3. The third kappa shape index (κ3) is 11.9. The summed E-state index contributed by atoms with van der Waals surface area (Å²) < 4.78 is -2.00. The molecule has 0 radical (unpaired) electrons. The fourth-order valence-electron chi connectivity index (χ4n) is 5.63. The second-order valence-electron chi connectivity index (χ2n) is 12.7. The van der Waals surface area contributed by atoms with E-state index < -0.39 is 92.1 Å². The van der Waals surface area contributed by atoms with Gasteiger partial charge in [0, 0.05) is 9.49 Å². The van der Waals surface area contributed by atoms with Crippen LogP contribution in [0.25, 0.3) is 0 Å². The van der Waals surface area contributed by atoms with Gasteiger partial charge in [0.15, 0.2) is 0 Å². The maximum atomic E-state index is 14.1. The first kappa shape index (κ1) is 48.9. The normalized spacial score (nSPS) is 23.4. The molecule has 0 spiro atoms. The summed E-state index contributed by atoms with van der Waals surface area (Å²) >= 11 is 2.01. The molecule has 15 nitrogen and oxygen atoms in total. The van der Waals surface area contributed by atoms with Crippen molar-refractivity contribution in [3.8, 4) is 0 Å². The number of thioether (sulfide) groups is 2.